The Balaban J connectivity index is 3.39. The van der Waals surface area contributed by atoms with E-state index in [2.05, 4.69) is 4.74 Å². The predicted octanol–water partition coefficient (Wildman–Crippen LogP) is -0.824. The summed E-state index contributed by atoms with van der Waals surface area (Å²) in [6, 6.07) is 0. The van der Waals surface area contributed by atoms with Crippen LogP contribution in [0.3, 0.4) is 0 Å². The minimum atomic E-state index is -1.07. The lowest BCUT2D eigenvalue weighted by atomic mass is 10.6. The monoisotopic (exact) mass is 161 g/mol. The zero-order valence-corrected chi connectivity index (χ0v) is 6.53. The van der Waals surface area contributed by atoms with Crippen LogP contribution >= 0.6 is 0 Å². The van der Waals surface area contributed by atoms with Gasteiger partial charge in [-0.15, -0.1) is 0 Å². The second-order valence-electron chi connectivity index (χ2n) is 2.17. The molecule has 64 valence electrons. The van der Waals surface area contributed by atoms with E-state index in [-0.39, 0.29) is 12.5 Å². The van der Waals surface area contributed by atoms with Crippen molar-refractivity contribution in [3.05, 3.63) is 0 Å². The molecular weight excluding hydrogens is 150 g/mol. The summed E-state index contributed by atoms with van der Waals surface area (Å²) in [5.41, 5.74) is 0. The lowest BCUT2D eigenvalue weighted by Gasteiger charge is -2.08. The molecule has 1 amide bonds. The van der Waals surface area contributed by atoms with Gasteiger partial charge >= 0.3 is 5.97 Å². The third kappa shape index (κ3) is 5.35. The lowest BCUT2D eigenvalue weighted by molar-refractivity contribution is -0.145. The normalized spacial score (nSPS) is 9.27. The first-order valence-electron chi connectivity index (χ1n) is 3.03. The number of carboxylic acid groups (broad SMARTS) is 1. The molecule has 0 heterocycles. The Bertz CT molecular complexity index is 155. The number of nitrogens with zero attached hydrogens (tertiary/aromatic N) is 1. The Morgan fingerprint density at radius 3 is 2.27 bits per heavy atom. The largest absolute Gasteiger partial charge is 0.480 e. The smallest absolute Gasteiger partial charge is 0.329 e. The third-order valence-electron chi connectivity index (χ3n) is 0.950. The minimum Gasteiger partial charge on any atom is -0.480 e. The molecule has 0 aromatic carbocycles. The molecule has 0 aliphatic rings. The van der Waals surface area contributed by atoms with E-state index in [1.165, 1.54) is 4.90 Å². The Labute approximate surface area is 64.6 Å². The van der Waals surface area contributed by atoms with Gasteiger partial charge in [-0.1, -0.05) is 0 Å². The second kappa shape index (κ2) is 4.68. The highest BCUT2D eigenvalue weighted by Crippen LogP contribution is 1.81. The molecule has 0 spiro atoms. The molecule has 0 atom stereocenters. The van der Waals surface area contributed by atoms with E-state index >= 15 is 0 Å². The number of carboxylic acids is 1. The first kappa shape index (κ1) is 9.90. The quantitative estimate of drug-likeness (QED) is 0.584. The fourth-order valence-corrected chi connectivity index (χ4v) is 0.355. The number of carbonyl (C=O) groups excluding carboxylic acids is 1. The van der Waals surface area contributed by atoms with Gasteiger partial charge < -0.3 is 14.7 Å². The van der Waals surface area contributed by atoms with Crippen molar-refractivity contribution in [2.24, 2.45) is 0 Å². The van der Waals surface area contributed by atoms with E-state index in [0.29, 0.717) is 0 Å². The van der Waals surface area contributed by atoms with Crippen LogP contribution in [0.4, 0.5) is 0 Å². The summed E-state index contributed by atoms with van der Waals surface area (Å²) < 4.78 is 4.53. The first-order chi connectivity index (χ1) is 5.04. The van der Waals surface area contributed by atoms with Crippen LogP contribution in [0, 0.1) is 0 Å². The van der Waals surface area contributed by atoms with E-state index in [0.717, 1.165) is 0 Å². The minimum absolute atomic E-state index is 0.181. The van der Waals surface area contributed by atoms with Gasteiger partial charge in [0.05, 0.1) is 0 Å². The van der Waals surface area contributed by atoms with E-state index in [9.17, 15) is 9.59 Å². The molecular formula is C6H11NO4. The molecule has 0 bridgehead atoms. The van der Waals surface area contributed by atoms with Crippen molar-refractivity contribution in [2.45, 2.75) is 0 Å². The van der Waals surface area contributed by atoms with Crippen LogP contribution < -0.4 is 0 Å². The maximum atomic E-state index is 10.7. The maximum absolute atomic E-state index is 10.7. The molecule has 0 unspecified atom stereocenters. The van der Waals surface area contributed by atoms with Gasteiger partial charge in [0.1, 0.15) is 13.2 Å². The first-order valence-corrected chi connectivity index (χ1v) is 3.03. The van der Waals surface area contributed by atoms with Crippen LogP contribution in [0.15, 0.2) is 0 Å². The van der Waals surface area contributed by atoms with Crippen molar-refractivity contribution >= 4 is 11.9 Å². The summed E-state index contributed by atoms with van der Waals surface area (Å²) in [6.07, 6.45) is 0. The number of carbonyl (C=O) groups is 2. The van der Waals surface area contributed by atoms with Gasteiger partial charge in [-0.3, -0.25) is 4.79 Å². The lowest BCUT2D eigenvalue weighted by Crippen LogP contribution is -2.27. The van der Waals surface area contributed by atoms with Gasteiger partial charge in [-0.2, -0.15) is 0 Å². The molecule has 0 fully saturated rings. The van der Waals surface area contributed by atoms with Gasteiger partial charge in [0.25, 0.3) is 0 Å². The molecule has 0 aromatic rings. The van der Waals surface area contributed by atoms with Gasteiger partial charge in [0.15, 0.2) is 0 Å². The summed E-state index contributed by atoms with van der Waals surface area (Å²) in [5.74, 6) is -1.32. The highest BCUT2D eigenvalue weighted by molar-refractivity contribution is 5.77. The molecule has 5 heteroatoms. The van der Waals surface area contributed by atoms with Crippen molar-refractivity contribution in [2.75, 3.05) is 27.3 Å². The number of hydrogen-bond acceptors (Lipinski definition) is 3. The van der Waals surface area contributed by atoms with Crippen molar-refractivity contribution in [1.29, 1.82) is 0 Å². The fourth-order valence-electron chi connectivity index (χ4n) is 0.355. The number of aliphatic carboxylic acids is 1. The molecule has 0 saturated heterocycles. The highest BCUT2D eigenvalue weighted by atomic mass is 16.5. The van der Waals surface area contributed by atoms with E-state index in [1.807, 2.05) is 0 Å². The summed E-state index contributed by atoms with van der Waals surface area (Å²) >= 11 is 0. The topological polar surface area (TPSA) is 66.8 Å². The molecule has 0 aliphatic heterocycles. The van der Waals surface area contributed by atoms with Crippen molar-refractivity contribution in [3.63, 3.8) is 0 Å². The average Bonchev–Trinajstić information content (AvgIpc) is 1.86. The number of ether oxygens (including phenoxy) is 1. The van der Waals surface area contributed by atoms with Crippen LogP contribution in [-0.4, -0.2) is 49.2 Å². The zero-order valence-electron chi connectivity index (χ0n) is 6.53. The summed E-state index contributed by atoms with van der Waals surface area (Å²) in [5, 5.41) is 8.12. The van der Waals surface area contributed by atoms with E-state index in [4.69, 9.17) is 5.11 Å². The van der Waals surface area contributed by atoms with E-state index < -0.39 is 12.6 Å². The van der Waals surface area contributed by atoms with Crippen LogP contribution in [0.25, 0.3) is 0 Å². The summed E-state index contributed by atoms with van der Waals surface area (Å²) in [4.78, 5) is 22.0. The van der Waals surface area contributed by atoms with Gasteiger partial charge in [0.2, 0.25) is 5.91 Å². The molecule has 1 N–H and O–H groups in total. The van der Waals surface area contributed by atoms with E-state index in [1.54, 1.807) is 14.1 Å². The molecule has 5 nitrogen and oxygen atoms in total. The molecule has 0 saturated carbocycles. The SMILES string of the molecule is CN(C)C(=O)COCC(=O)O. The van der Waals surface area contributed by atoms with Crippen LogP contribution in [0.1, 0.15) is 0 Å². The molecule has 0 aliphatic carbocycles. The number of amides is 1. The predicted molar refractivity (Wildman–Crippen MR) is 37.1 cm³/mol. The molecule has 0 rings (SSSR count). The molecule has 11 heavy (non-hydrogen) atoms. The Hall–Kier alpha value is -1.10. The van der Waals surface area contributed by atoms with Crippen molar-refractivity contribution in [3.8, 4) is 0 Å². The maximum Gasteiger partial charge on any atom is 0.329 e. The Kier molecular flexibility index (Phi) is 4.21. The van der Waals surface area contributed by atoms with Crippen molar-refractivity contribution < 1.29 is 19.4 Å². The fraction of sp³-hybridized carbons (Fsp3) is 0.667. The number of hydrogen-bond donors (Lipinski definition) is 1. The molecule has 0 aromatic heterocycles. The summed E-state index contributed by atoms with van der Waals surface area (Å²) in [6.45, 7) is -0.612. The Morgan fingerprint density at radius 1 is 1.36 bits per heavy atom. The van der Waals surface area contributed by atoms with Gasteiger partial charge in [0, 0.05) is 14.1 Å². The second-order valence-corrected chi connectivity index (χ2v) is 2.17. The van der Waals surface area contributed by atoms with Gasteiger partial charge in [-0.05, 0) is 0 Å². The van der Waals surface area contributed by atoms with Crippen LogP contribution in [-0.2, 0) is 14.3 Å². The number of likely N-dealkylation sites (N-methyl/N-ethyl adjacent to an activating group) is 1. The van der Waals surface area contributed by atoms with Crippen LogP contribution in [0.2, 0.25) is 0 Å². The van der Waals surface area contributed by atoms with Gasteiger partial charge in [-0.25, -0.2) is 4.79 Å². The third-order valence-corrected chi connectivity index (χ3v) is 0.950. The zero-order chi connectivity index (χ0) is 8.85. The van der Waals surface area contributed by atoms with Crippen LogP contribution in [0.5, 0.6) is 0 Å². The molecule has 0 radical (unpaired) electrons. The Morgan fingerprint density at radius 2 is 1.91 bits per heavy atom. The standard InChI is InChI=1S/C6H11NO4/c1-7(2)5(8)3-11-4-6(9)10/h3-4H2,1-2H3,(H,9,10). The number of rotatable bonds is 4. The summed E-state index contributed by atoms with van der Waals surface area (Å²) in [7, 11) is 3.15. The highest BCUT2D eigenvalue weighted by Gasteiger charge is 2.04. The average molecular weight is 161 g/mol. The van der Waals surface area contributed by atoms with Crippen molar-refractivity contribution in [1.82, 2.24) is 4.90 Å².